The molecular formula is C15H31N3O. The summed E-state index contributed by atoms with van der Waals surface area (Å²) in [6.07, 6.45) is 6.48. The minimum Gasteiger partial charge on any atom is -0.394 e. The lowest BCUT2D eigenvalue weighted by Gasteiger charge is -2.50. The van der Waals surface area contributed by atoms with Crippen LogP contribution in [0.2, 0.25) is 0 Å². The van der Waals surface area contributed by atoms with Crippen LogP contribution in [0.1, 0.15) is 32.1 Å². The largest absolute Gasteiger partial charge is 0.394 e. The average Bonchev–Trinajstić information content (AvgIpc) is 3.15. The second-order valence-corrected chi connectivity index (χ2v) is 6.98. The molecule has 4 heteroatoms. The summed E-state index contributed by atoms with van der Waals surface area (Å²) in [5, 5.41) is 13.2. The molecule has 0 aromatic rings. The molecule has 2 aliphatic carbocycles. The molecule has 0 saturated heterocycles. The van der Waals surface area contributed by atoms with E-state index in [1.54, 1.807) is 0 Å². The van der Waals surface area contributed by atoms with Gasteiger partial charge in [-0.15, -0.1) is 0 Å². The summed E-state index contributed by atoms with van der Waals surface area (Å²) in [7, 11) is 8.59. The predicted octanol–water partition coefficient (Wildman–Crippen LogP) is 0.763. The molecule has 112 valence electrons. The van der Waals surface area contributed by atoms with E-state index >= 15 is 0 Å². The van der Waals surface area contributed by atoms with Crippen LogP contribution in [0.25, 0.3) is 0 Å². The molecule has 0 radical (unpaired) electrons. The monoisotopic (exact) mass is 269 g/mol. The van der Waals surface area contributed by atoms with Gasteiger partial charge in [-0.1, -0.05) is 0 Å². The number of hydrogen-bond acceptors (Lipinski definition) is 4. The maximum atomic E-state index is 9.81. The summed E-state index contributed by atoms with van der Waals surface area (Å²) in [5.41, 5.74) is 0.277. The number of aliphatic hydroxyl groups excluding tert-OH is 1. The average molecular weight is 269 g/mol. The van der Waals surface area contributed by atoms with Gasteiger partial charge in [0.05, 0.1) is 12.1 Å². The molecule has 0 spiro atoms. The van der Waals surface area contributed by atoms with E-state index in [1.807, 2.05) is 7.05 Å². The van der Waals surface area contributed by atoms with Crippen molar-refractivity contribution in [2.45, 2.75) is 43.2 Å². The Morgan fingerprint density at radius 1 is 1.26 bits per heavy atom. The van der Waals surface area contributed by atoms with Crippen molar-refractivity contribution in [2.75, 3.05) is 47.9 Å². The van der Waals surface area contributed by atoms with Gasteiger partial charge in [-0.2, -0.15) is 0 Å². The Kier molecular flexibility index (Phi) is 4.56. The quantitative estimate of drug-likeness (QED) is 0.682. The lowest BCUT2D eigenvalue weighted by atomic mass is 9.75. The topological polar surface area (TPSA) is 38.7 Å². The molecule has 1 unspecified atom stereocenters. The summed E-state index contributed by atoms with van der Waals surface area (Å²) < 4.78 is 0. The first-order valence-corrected chi connectivity index (χ1v) is 7.64. The molecule has 2 rings (SSSR count). The summed E-state index contributed by atoms with van der Waals surface area (Å²) in [6.45, 7) is 2.30. The molecule has 0 amide bonds. The maximum absolute atomic E-state index is 9.81. The Morgan fingerprint density at radius 2 is 1.89 bits per heavy atom. The molecule has 1 atom stereocenters. The van der Waals surface area contributed by atoms with Gasteiger partial charge in [-0.25, -0.2) is 0 Å². The third kappa shape index (κ3) is 2.97. The van der Waals surface area contributed by atoms with Crippen molar-refractivity contribution < 1.29 is 5.11 Å². The first-order chi connectivity index (χ1) is 8.98. The highest BCUT2D eigenvalue weighted by Gasteiger charge is 2.46. The number of nitrogens with one attached hydrogen (secondary N) is 1. The second-order valence-electron chi connectivity index (χ2n) is 6.98. The van der Waals surface area contributed by atoms with Crippen LogP contribution in [0.5, 0.6) is 0 Å². The highest BCUT2D eigenvalue weighted by Crippen LogP contribution is 2.41. The second kappa shape index (κ2) is 5.68. The minimum atomic E-state index is -0.0913. The third-order valence-corrected chi connectivity index (χ3v) is 5.49. The zero-order valence-corrected chi connectivity index (χ0v) is 13.1. The molecule has 0 heterocycles. The molecule has 0 aliphatic heterocycles. The fourth-order valence-corrected chi connectivity index (χ4v) is 3.68. The van der Waals surface area contributed by atoms with E-state index in [9.17, 15) is 5.11 Å². The number of aliphatic hydroxyl groups is 1. The maximum Gasteiger partial charge on any atom is 0.0628 e. The Hall–Kier alpha value is -0.160. The molecular weight excluding hydrogens is 238 g/mol. The highest BCUT2D eigenvalue weighted by atomic mass is 16.3. The lowest BCUT2D eigenvalue weighted by molar-refractivity contribution is 0.0126. The van der Waals surface area contributed by atoms with Crippen LogP contribution in [-0.4, -0.2) is 73.9 Å². The Balaban J connectivity index is 1.94. The van der Waals surface area contributed by atoms with Crippen molar-refractivity contribution in [1.82, 2.24) is 15.1 Å². The van der Waals surface area contributed by atoms with E-state index in [1.165, 1.54) is 32.1 Å². The van der Waals surface area contributed by atoms with Crippen LogP contribution in [-0.2, 0) is 0 Å². The first-order valence-electron chi connectivity index (χ1n) is 7.64. The van der Waals surface area contributed by atoms with Gasteiger partial charge in [-0.05, 0) is 66.2 Å². The van der Waals surface area contributed by atoms with Crippen LogP contribution >= 0.6 is 0 Å². The van der Waals surface area contributed by atoms with Crippen molar-refractivity contribution >= 4 is 0 Å². The number of nitrogens with zero attached hydrogens (tertiary/aromatic N) is 2. The van der Waals surface area contributed by atoms with Crippen molar-refractivity contribution in [3.8, 4) is 0 Å². The summed E-state index contributed by atoms with van der Waals surface area (Å²) >= 11 is 0. The van der Waals surface area contributed by atoms with Crippen molar-refractivity contribution in [2.24, 2.45) is 5.92 Å². The normalized spacial score (nSPS) is 25.4. The van der Waals surface area contributed by atoms with E-state index < -0.39 is 0 Å². The van der Waals surface area contributed by atoms with E-state index in [-0.39, 0.29) is 12.1 Å². The van der Waals surface area contributed by atoms with Crippen molar-refractivity contribution in [3.63, 3.8) is 0 Å². The molecule has 2 aliphatic rings. The molecule has 2 saturated carbocycles. The highest BCUT2D eigenvalue weighted by molar-refractivity contribution is 5.04. The number of likely N-dealkylation sites (N-methyl/N-ethyl adjacent to an activating group) is 3. The lowest BCUT2D eigenvalue weighted by Crippen LogP contribution is -2.61. The Morgan fingerprint density at radius 3 is 2.21 bits per heavy atom. The number of rotatable bonds is 8. The van der Waals surface area contributed by atoms with Gasteiger partial charge in [0, 0.05) is 18.6 Å². The minimum absolute atomic E-state index is 0.0913. The zero-order valence-electron chi connectivity index (χ0n) is 13.1. The van der Waals surface area contributed by atoms with Crippen LogP contribution < -0.4 is 5.32 Å². The summed E-state index contributed by atoms with van der Waals surface area (Å²) in [6, 6.07) is 0. The van der Waals surface area contributed by atoms with Crippen molar-refractivity contribution in [1.29, 1.82) is 0 Å². The van der Waals surface area contributed by atoms with E-state index in [2.05, 4.69) is 36.3 Å². The van der Waals surface area contributed by atoms with Gasteiger partial charge in [0.2, 0.25) is 0 Å². The Bertz CT molecular complexity index is 294. The molecule has 4 nitrogen and oxygen atoms in total. The van der Waals surface area contributed by atoms with Gasteiger partial charge < -0.3 is 20.2 Å². The van der Waals surface area contributed by atoms with Gasteiger partial charge in [-0.3, -0.25) is 0 Å². The number of hydrogen-bond donors (Lipinski definition) is 2. The summed E-state index contributed by atoms with van der Waals surface area (Å²) in [4.78, 5) is 4.81. The predicted molar refractivity (Wildman–Crippen MR) is 79.4 cm³/mol. The molecule has 2 fully saturated rings. The molecule has 2 N–H and O–H groups in total. The van der Waals surface area contributed by atoms with E-state index in [4.69, 9.17) is 0 Å². The summed E-state index contributed by atoms with van der Waals surface area (Å²) in [5.74, 6) is 0.654. The smallest absolute Gasteiger partial charge is 0.0628 e. The van der Waals surface area contributed by atoms with Crippen LogP contribution in [0.4, 0.5) is 0 Å². The zero-order chi connectivity index (χ0) is 14.1. The van der Waals surface area contributed by atoms with Gasteiger partial charge >= 0.3 is 0 Å². The molecule has 0 aromatic heterocycles. The first kappa shape index (κ1) is 15.2. The van der Waals surface area contributed by atoms with Crippen LogP contribution in [0.15, 0.2) is 0 Å². The molecule has 19 heavy (non-hydrogen) atoms. The van der Waals surface area contributed by atoms with Gasteiger partial charge in [0.15, 0.2) is 0 Å². The SMILES string of the molecule is CNC(CO)(CN(C)CC1(N(C)C)CCC1)C1CC1. The van der Waals surface area contributed by atoms with Crippen LogP contribution in [0, 0.1) is 5.92 Å². The van der Waals surface area contributed by atoms with Gasteiger partial charge in [0.1, 0.15) is 0 Å². The van der Waals surface area contributed by atoms with E-state index in [0.717, 1.165) is 13.1 Å². The third-order valence-electron chi connectivity index (χ3n) is 5.49. The fraction of sp³-hybridized carbons (Fsp3) is 1.00. The fourth-order valence-electron chi connectivity index (χ4n) is 3.68. The van der Waals surface area contributed by atoms with Crippen molar-refractivity contribution in [3.05, 3.63) is 0 Å². The van der Waals surface area contributed by atoms with Crippen LogP contribution in [0.3, 0.4) is 0 Å². The van der Waals surface area contributed by atoms with Gasteiger partial charge in [0.25, 0.3) is 0 Å². The standard InChI is InChI=1S/C15H31N3O/c1-16-15(12-19,13-6-7-13)11-18(4)10-14(17(2)3)8-5-9-14/h13,16,19H,5-12H2,1-4H3. The van der Waals surface area contributed by atoms with E-state index in [0.29, 0.717) is 11.5 Å². The molecule has 0 bridgehead atoms. The molecule has 0 aromatic carbocycles. The Labute approximate surface area is 118 Å².